The maximum absolute atomic E-state index is 12.4. The average Bonchev–Trinajstić information content (AvgIpc) is 2.61. The van der Waals surface area contributed by atoms with Gasteiger partial charge in [-0.3, -0.25) is 14.6 Å². The van der Waals surface area contributed by atoms with Crippen molar-refractivity contribution in [1.82, 2.24) is 5.32 Å². The number of hydrogen-bond donors (Lipinski definition) is 3. The Morgan fingerprint density at radius 3 is 2.42 bits per heavy atom. The maximum atomic E-state index is 12.4. The van der Waals surface area contributed by atoms with Crippen LogP contribution in [0.1, 0.15) is 22.8 Å². The fourth-order valence-corrected chi connectivity index (χ4v) is 2.30. The van der Waals surface area contributed by atoms with Crippen molar-refractivity contribution >= 4 is 29.0 Å². The molecule has 0 saturated heterocycles. The van der Waals surface area contributed by atoms with E-state index in [1.165, 1.54) is 6.92 Å². The van der Waals surface area contributed by atoms with E-state index in [4.69, 9.17) is 5.73 Å². The molecule has 0 fully saturated rings. The van der Waals surface area contributed by atoms with Gasteiger partial charge in [-0.05, 0) is 48.9 Å². The molecule has 0 aliphatic carbocycles. The lowest BCUT2D eigenvalue weighted by atomic mass is 10.2. The van der Waals surface area contributed by atoms with Gasteiger partial charge in [0.05, 0.1) is 12.2 Å². The highest BCUT2D eigenvalue weighted by Gasteiger charge is 2.10. The molecule has 136 valence electrons. The molecule has 2 amide bonds. The van der Waals surface area contributed by atoms with E-state index < -0.39 is 0 Å². The Balaban J connectivity index is 2.08. The van der Waals surface area contributed by atoms with E-state index in [1.54, 1.807) is 36.3 Å². The number of amides is 2. The highest BCUT2D eigenvalue weighted by molar-refractivity contribution is 6.07. The summed E-state index contributed by atoms with van der Waals surface area (Å²) < 4.78 is 0. The zero-order chi connectivity index (χ0) is 19.1. The van der Waals surface area contributed by atoms with Crippen molar-refractivity contribution in [2.45, 2.75) is 13.8 Å². The smallest absolute Gasteiger partial charge is 0.256 e. The van der Waals surface area contributed by atoms with E-state index in [1.807, 2.05) is 31.2 Å². The molecule has 0 heterocycles. The molecule has 0 aromatic heterocycles. The van der Waals surface area contributed by atoms with Gasteiger partial charge in [-0.15, -0.1) is 0 Å². The first-order valence-corrected chi connectivity index (χ1v) is 8.16. The summed E-state index contributed by atoms with van der Waals surface area (Å²) in [5.41, 5.74) is 8.79. The fraction of sp³-hybridized carbons (Fsp3) is 0.211. The first-order chi connectivity index (χ1) is 12.4. The Bertz CT molecular complexity index is 815. The van der Waals surface area contributed by atoms with Gasteiger partial charge in [0.15, 0.2) is 0 Å². The van der Waals surface area contributed by atoms with Gasteiger partial charge in [-0.2, -0.15) is 5.10 Å². The van der Waals surface area contributed by atoms with Gasteiger partial charge in [0, 0.05) is 25.2 Å². The number of anilines is 2. The van der Waals surface area contributed by atoms with Gasteiger partial charge >= 0.3 is 0 Å². The highest BCUT2D eigenvalue weighted by Crippen LogP contribution is 2.14. The Labute approximate surface area is 152 Å². The average molecular weight is 353 g/mol. The lowest BCUT2D eigenvalue weighted by molar-refractivity contribution is -0.114. The third-order valence-corrected chi connectivity index (χ3v) is 3.56. The third kappa shape index (κ3) is 5.42. The van der Waals surface area contributed by atoms with E-state index in [2.05, 4.69) is 15.7 Å². The molecule has 2 aromatic carbocycles. The maximum Gasteiger partial charge on any atom is 0.256 e. The second kappa shape index (κ2) is 8.77. The molecule has 7 nitrogen and oxygen atoms in total. The number of rotatable bonds is 5. The molecule has 0 saturated carbocycles. The summed E-state index contributed by atoms with van der Waals surface area (Å²) in [4.78, 5) is 23.4. The third-order valence-electron chi connectivity index (χ3n) is 3.56. The topological polar surface area (TPSA) is 99.8 Å². The molecule has 4 N–H and O–H groups in total. The molecule has 0 spiro atoms. The van der Waals surface area contributed by atoms with Crippen LogP contribution in [0.15, 0.2) is 53.6 Å². The number of hydrazone groups is 1. The van der Waals surface area contributed by atoms with Gasteiger partial charge in [0.2, 0.25) is 5.91 Å². The van der Waals surface area contributed by atoms with Gasteiger partial charge < -0.3 is 16.4 Å². The lowest BCUT2D eigenvalue weighted by Gasteiger charge is -2.16. The van der Waals surface area contributed by atoms with Gasteiger partial charge in [-0.25, -0.2) is 0 Å². The Kier molecular flexibility index (Phi) is 6.46. The van der Waals surface area contributed by atoms with Gasteiger partial charge in [-0.1, -0.05) is 12.1 Å². The minimum absolute atomic E-state index is 0.0892. The van der Waals surface area contributed by atoms with Crippen LogP contribution in [0, 0.1) is 6.92 Å². The van der Waals surface area contributed by atoms with E-state index in [0.717, 1.165) is 11.3 Å². The first kappa shape index (κ1) is 19.1. The van der Waals surface area contributed by atoms with E-state index in [9.17, 15) is 9.59 Å². The van der Waals surface area contributed by atoms with Gasteiger partial charge in [0.25, 0.3) is 5.91 Å². The quantitative estimate of drug-likeness (QED) is 0.435. The summed E-state index contributed by atoms with van der Waals surface area (Å²) in [6.07, 6.45) is 0. The summed E-state index contributed by atoms with van der Waals surface area (Å²) in [6.45, 7) is 3.51. The Morgan fingerprint density at radius 1 is 1.15 bits per heavy atom. The summed E-state index contributed by atoms with van der Waals surface area (Å²) in [5.74, 6) is -0.134. The van der Waals surface area contributed by atoms with E-state index in [-0.39, 0.29) is 18.4 Å². The van der Waals surface area contributed by atoms with Crippen LogP contribution in [-0.4, -0.2) is 31.2 Å². The number of nitrogens with zero attached hydrogens (tertiary/aromatic N) is 2. The number of amidine groups is 1. The standard InChI is InChI=1S/C19H23N5O2/c1-13-5-4-6-17(11-13)24(3)23-18(12-20)22-19(26)15-7-9-16(10-8-15)21-14(2)25/h4-11H,12,20H2,1-3H3,(H,21,25)(H,22,23,26). The summed E-state index contributed by atoms with van der Waals surface area (Å²) >= 11 is 0. The number of carbonyl (C=O) groups excluding carboxylic acids is 2. The van der Waals surface area contributed by atoms with Crippen molar-refractivity contribution in [1.29, 1.82) is 0 Å². The van der Waals surface area contributed by atoms with E-state index >= 15 is 0 Å². The molecule has 26 heavy (non-hydrogen) atoms. The molecule has 0 bridgehead atoms. The van der Waals surface area contributed by atoms with Crippen LogP contribution in [0.3, 0.4) is 0 Å². The lowest BCUT2D eigenvalue weighted by Crippen LogP contribution is -2.37. The molecule has 2 aromatic rings. The normalized spacial score (nSPS) is 11.0. The van der Waals surface area contributed by atoms with Crippen LogP contribution in [0.2, 0.25) is 0 Å². The van der Waals surface area contributed by atoms with E-state index in [0.29, 0.717) is 17.1 Å². The van der Waals surface area contributed by atoms with Crippen LogP contribution >= 0.6 is 0 Å². The second-order valence-corrected chi connectivity index (χ2v) is 5.83. The highest BCUT2D eigenvalue weighted by atomic mass is 16.2. The second-order valence-electron chi connectivity index (χ2n) is 5.83. The molecule has 0 unspecified atom stereocenters. The summed E-state index contributed by atoms with van der Waals surface area (Å²) in [5, 5.41) is 11.4. The molecule has 0 aliphatic rings. The number of aryl methyl sites for hydroxylation is 1. The fourth-order valence-electron chi connectivity index (χ4n) is 2.30. The number of carbonyl (C=O) groups is 2. The number of nitrogens with one attached hydrogen (secondary N) is 2. The minimum atomic E-state index is -0.318. The first-order valence-electron chi connectivity index (χ1n) is 8.16. The summed E-state index contributed by atoms with van der Waals surface area (Å²) in [6, 6.07) is 14.4. The van der Waals surface area contributed by atoms with Crippen LogP contribution < -0.4 is 21.4 Å². The number of hydrogen-bond acceptors (Lipinski definition) is 5. The zero-order valence-electron chi connectivity index (χ0n) is 15.1. The molecule has 0 aliphatic heterocycles. The van der Waals surface area contributed by atoms with Gasteiger partial charge in [0.1, 0.15) is 5.84 Å². The SMILES string of the molecule is CC(=O)Nc1ccc(C(=O)N/C(CN)=N/N(C)c2cccc(C)c2)cc1. The molecule has 0 atom stereocenters. The largest absolute Gasteiger partial charge is 0.326 e. The molecular weight excluding hydrogens is 330 g/mol. The zero-order valence-corrected chi connectivity index (χ0v) is 15.1. The van der Waals surface area contributed by atoms with Crippen LogP contribution in [0.4, 0.5) is 11.4 Å². The molecule has 7 heteroatoms. The summed E-state index contributed by atoms with van der Waals surface area (Å²) in [7, 11) is 1.79. The van der Waals surface area contributed by atoms with Crippen LogP contribution in [0.5, 0.6) is 0 Å². The van der Waals surface area contributed by atoms with Crippen molar-refractivity contribution in [3.63, 3.8) is 0 Å². The number of nitrogens with two attached hydrogens (primary N) is 1. The minimum Gasteiger partial charge on any atom is -0.326 e. The number of benzene rings is 2. The van der Waals surface area contributed by atoms with Crippen molar-refractivity contribution in [3.8, 4) is 0 Å². The van der Waals surface area contributed by atoms with Crippen LogP contribution in [-0.2, 0) is 4.79 Å². The predicted molar refractivity (Wildman–Crippen MR) is 104 cm³/mol. The van der Waals surface area contributed by atoms with Crippen molar-refractivity contribution < 1.29 is 9.59 Å². The Hall–Kier alpha value is -3.19. The Morgan fingerprint density at radius 2 is 1.85 bits per heavy atom. The predicted octanol–water partition coefficient (Wildman–Crippen LogP) is 2.09. The van der Waals surface area contributed by atoms with Crippen molar-refractivity contribution in [3.05, 3.63) is 59.7 Å². The van der Waals surface area contributed by atoms with Crippen molar-refractivity contribution in [2.24, 2.45) is 10.8 Å². The molecular formula is C19H23N5O2. The molecule has 0 radical (unpaired) electrons. The van der Waals surface area contributed by atoms with Crippen molar-refractivity contribution in [2.75, 3.05) is 23.9 Å². The van der Waals surface area contributed by atoms with Crippen LogP contribution in [0.25, 0.3) is 0 Å². The molecule has 2 rings (SSSR count). The monoisotopic (exact) mass is 353 g/mol.